The maximum atomic E-state index is 13.2. The second-order valence-corrected chi connectivity index (χ2v) is 7.61. The van der Waals surface area contributed by atoms with E-state index in [1.165, 1.54) is 11.1 Å². The largest absolute Gasteiger partial charge is 0.309 e. The molecule has 0 unspecified atom stereocenters. The van der Waals surface area contributed by atoms with Crippen molar-refractivity contribution in [2.45, 2.75) is 26.7 Å². The summed E-state index contributed by atoms with van der Waals surface area (Å²) in [6, 6.07) is 13.9. The molecule has 0 aliphatic carbocycles. The SMILES string of the molecule is CCN1c2ncc(CCc3ccccc3C)cc2C(=O)N(C)c2ccc(Cl)nc21. The van der Waals surface area contributed by atoms with Gasteiger partial charge in [0.15, 0.2) is 5.82 Å². The summed E-state index contributed by atoms with van der Waals surface area (Å²) in [5.74, 6) is 1.18. The van der Waals surface area contributed by atoms with E-state index in [0.29, 0.717) is 28.9 Å². The predicted molar refractivity (Wildman–Crippen MR) is 117 cm³/mol. The summed E-state index contributed by atoms with van der Waals surface area (Å²) in [6.45, 7) is 4.77. The summed E-state index contributed by atoms with van der Waals surface area (Å²) in [5, 5.41) is 0.390. The maximum Gasteiger partial charge on any atom is 0.261 e. The monoisotopic (exact) mass is 406 g/mol. The highest BCUT2D eigenvalue weighted by Gasteiger charge is 2.30. The molecular weight excluding hydrogens is 384 g/mol. The van der Waals surface area contributed by atoms with Gasteiger partial charge in [-0.3, -0.25) is 4.79 Å². The van der Waals surface area contributed by atoms with E-state index in [0.717, 1.165) is 24.1 Å². The topological polar surface area (TPSA) is 49.3 Å². The number of aryl methyl sites for hydroxylation is 3. The van der Waals surface area contributed by atoms with Crippen LogP contribution in [0.5, 0.6) is 0 Å². The molecule has 2 aromatic heterocycles. The van der Waals surface area contributed by atoms with Crippen molar-refractivity contribution >= 4 is 34.8 Å². The zero-order valence-corrected chi connectivity index (χ0v) is 17.6. The Morgan fingerprint density at radius 1 is 1.07 bits per heavy atom. The standard InChI is InChI=1S/C23H23ClN4O/c1-4-28-21-18(23(29)27(3)19-11-12-20(24)26-22(19)28)13-16(14-25-21)9-10-17-8-6-5-7-15(17)2/h5-8,11-14H,4,9-10H2,1-3H3. The normalized spacial score (nSPS) is 13.2. The molecular formula is C23H23ClN4O. The molecule has 1 aliphatic rings. The lowest BCUT2D eigenvalue weighted by atomic mass is 10.0. The van der Waals surface area contributed by atoms with E-state index in [9.17, 15) is 4.79 Å². The average Bonchev–Trinajstić information content (AvgIpc) is 2.81. The van der Waals surface area contributed by atoms with E-state index < -0.39 is 0 Å². The van der Waals surface area contributed by atoms with Crippen LogP contribution in [0, 0.1) is 6.92 Å². The van der Waals surface area contributed by atoms with Crippen LogP contribution in [0.2, 0.25) is 5.15 Å². The Morgan fingerprint density at radius 3 is 2.62 bits per heavy atom. The minimum Gasteiger partial charge on any atom is -0.309 e. The lowest BCUT2D eigenvalue weighted by Crippen LogP contribution is -2.25. The second-order valence-electron chi connectivity index (χ2n) is 7.23. The first-order valence-corrected chi connectivity index (χ1v) is 10.1. The summed E-state index contributed by atoms with van der Waals surface area (Å²) in [4.78, 5) is 25.9. The minimum absolute atomic E-state index is 0.0911. The van der Waals surface area contributed by atoms with Crippen molar-refractivity contribution in [3.05, 3.63) is 76.1 Å². The van der Waals surface area contributed by atoms with E-state index in [1.54, 1.807) is 18.0 Å². The van der Waals surface area contributed by atoms with Crippen molar-refractivity contribution in [1.29, 1.82) is 0 Å². The zero-order chi connectivity index (χ0) is 20.5. The van der Waals surface area contributed by atoms with Crippen LogP contribution in [-0.4, -0.2) is 29.5 Å². The highest BCUT2D eigenvalue weighted by Crippen LogP contribution is 2.38. The Balaban J connectivity index is 1.72. The van der Waals surface area contributed by atoms with Crippen LogP contribution in [-0.2, 0) is 12.8 Å². The van der Waals surface area contributed by atoms with E-state index in [1.807, 2.05) is 30.2 Å². The molecule has 0 N–H and O–H groups in total. The molecule has 1 amide bonds. The van der Waals surface area contributed by atoms with Crippen LogP contribution in [0.1, 0.15) is 34.0 Å². The fourth-order valence-electron chi connectivity index (χ4n) is 3.75. The van der Waals surface area contributed by atoms with Gasteiger partial charge in [0.1, 0.15) is 11.0 Å². The first kappa shape index (κ1) is 19.4. The maximum absolute atomic E-state index is 13.2. The number of pyridine rings is 2. The van der Waals surface area contributed by atoms with Gasteiger partial charge in [0.05, 0.1) is 11.3 Å². The summed E-state index contributed by atoms with van der Waals surface area (Å²) in [5.41, 5.74) is 4.95. The molecule has 0 fully saturated rings. The van der Waals surface area contributed by atoms with Crippen LogP contribution in [0.15, 0.2) is 48.7 Å². The van der Waals surface area contributed by atoms with E-state index in [-0.39, 0.29) is 5.91 Å². The fourth-order valence-corrected chi connectivity index (χ4v) is 3.89. The molecule has 3 aromatic rings. The molecule has 6 heteroatoms. The molecule has 4 rings (SSSR count). The summed E-state index contributed by atoms with van der Waals surface area (Å²) >= 11 is 6.14. The number of halogens is 1. The van der Waals surface area contributed by atoms with Crippen molar-refractivity contribution in [3.8, 4) is 0 Å². The number of carbonyl (C=O) groups excluding carboxylic acids is 1. The van der Waals surface area contributed by atoms with Gasteiger partial charge in [0.2, 0.25) is 0 Å². The van der Waals surface area contributed by atoms with E-state index >= 15 is 0 Å². The number of benzene rings is 1. The molecule has 29 heavy (non-hydrogen) atoms. The number of rotatable bonds is 4. The third-order valence-corrected chi connectivity index (χ3v) is 5.62. The van der Waals surface area contributed by atoms with Crippen molar-refractivity contribution in [2.75, 3.05) is 23.4 Å². The van der Waals surface area contributed by atoms with Gasteiger partial charge >= 0.3 is 0 Å². The summed E-state index contributed by atoms with van der Waals surface area (Å²) < 4.78 is 0. The Morgan fingerprint density at radius 2 is 1.86 bits per heavy atom. The highest BCUT2D eigenvalue weighted by molar-refractivity contribution is 6.29. The molecule has 0 atom stereocenters. The van der Waals surface area contributed by atoms with E-state index in [4.69, 9.17) is 11.6 Å². The smallest absolute Gasteiger partial charge is 0.261 e. The van der Waals surface area contributed by atoms with Crippen LogP contribution in [0.25, 0.3) is 0 Å². The third-order valence-electron chi connectivity index (χ3n) is 5.41. The van der Waals surface area contributed by atoms with Crippen LogP contribution >= 0.6 is 11.6 Å². The molecule has 0 saturated heterocycles. The minimum atomic E-state index is -0.0911. The van der Waals surface area contributed by atoms with Crippen molar-refractivity contribution in [2.24, 2.45) is 0 Å². The Labute approximate surface area is 176 Å². The highest BCUT2D eigenvalue weighted by atomic mass is 35.5. The molecule has 0 bridgehead atoms. The third kappa shape index (κ3) is 3.58. The van der Waals surface area contributed by atoms with Crippen molar-refractivity contribution in [3.63, 3.8) is 0 Å². The van der Waals surface area contributed by atoms with E-state index in [2.05, 4.69) is 41.2 Å². The first-order valence-electron chi connectivity index (χ1n) is 9.75. The van der Waals surface area contributed by atoms with Crippen LogP contribution < -0.4 is 9.80 Å². The van der Waals surface area contributed by atoms with Crippen molar-refractivity contribution < 1.29 is 4.79 Å². The van der Waals surface area contributed by atoms with Gasteiger partial charge in [0.25, 0.3) is 5.91 Å². The van der Waals surface area contributed by atoms with Gasteiger partial charge in [-0.15, -0.1) is 0 Å². The molecule has 148 valence electrons. The molecule has 1 aliphatic heterocycles. The molecule has 0 radical (unpaired) electrons. The number of hydrogen-bond acceptors (Lipinski definition) is 4. The van der Waals surface area contributed by atoms with Gasteiger partial charge < -0.3 is 9.80 Å². The van der Waals surface area contributed by atoms with Crippen LogP contribution in [0.3, 0.4) is 0 Å². The molecule has 1 aromatic carbocycles. The molecule has 5 nitrogen and oxygen atoms in total. The quantitative estimate of drug-likeness (QED) is 0.574. The molecule has 0 spiro atoms. The number of amides is 1. The summed E-state index contributed by atoms with van der Waals surface area (Å²) in [6.07, 6.45) is 3.60. The van der Waals surface area contributed by atoms with Gasteiger partial charge in [0, 0.05) is 19.8 Å². The Hall–Kier alpha value is -2.92. The van der Waals surface area contributed by atoms with Crippen molar-refractivity contribution in [1.82, 2.24) is 9.97 Å². The lowest BCUT2D eigenvalue weighted by Gasteiger charge is -2.23. The summed E-state index contributed by atoms with van der Waals surface area (Å²) in [7, 11) is 1.76. The Kier molecular flexibility index (Phi) is 5.24. The lowest BCUT2D eigenvalue weighted by molar-refractivity contribution is 0.0994. The van der Waals surface area contributed by atoms with Gasteiger partial charge in [-0.05, 0) is 61.6 Å². The number of anilines is 3. The first-order chi connectivity index (χ1) is 14.0. The average molecular weight is 407 g/mol. The number of carbonyl (C=O) groups is 1. The number of aromatic nitrogens is 2. The molecule has 3 heterocycles. The number of nitrogens with zero attached hydrogens (tertiary/aromatic N) is 4. The number of hydrogen-bond donors (Lipinski definition) is 0. The number of fused-ring (bicyclic) bond motifs is 2. The Bertz CT molecular complexity index is 1080. The van der Waals surface area contributed by atoms with Gasteiger partial charge in [-0.1, -0.05) is 35.9 Å². The van der Waals surface area contributed by atoms with Crippen LogP contribution in [0.4, 0.5) is 17.3 Å². The zero-order valence-electron chi connectivity index (χ0n) is 16.8. The van der Waals surface area contributed by atoms with Gasteiger partial charge in [-0.25, -0.2) is 9.97 Å². The second kappa shape index (κ2) is 7.84. The fraction of sp³-hybridized carbons (Fsp3) is 0.261. The van der Waals surface area contributed by atoms with Gasteiger partial charge in [-0.2, -0.15) is 0 Å². The predicted octanol–water partition coefficient (Wildman–Crippen LogP) is 4.97. The molecule has 0 saturated carbocycles.